The number of fused-ring (bicyclic) bond motifs is 1. The van der Waals surface area contributed by atoms with Crippen LogP contribution in [-0.4, -0.2) is 17.6 Å². The highest BCUT2D eigenvalue weighted by Crippen LogP contribution is 2.25. The zero-order valence-corrected chi connectivity index (χ0v) is 11.3. The van der Waals surface area contributed by atoms with Gasteiger partial charge in [0.1, 0.15) is 10.5 Å². The average molecular weight is 307 g/mol. The number of esters is 1. The molecule has 92 valence electrons. The number of benzene rings is 1. The Morgan fingerprint density at radius 3 is 3.00 bits per heavy atom. The number of ether oxygens (including phenoxy) is 1. The number of aromatic nitrogens is 1. The molecular formula is C13H11BrN2O2. The van der Waals surface area contributed by atoms with Crippen molar-refractivity contribution in [3.63, 3.8) is 0 Å². The van der Waals surface area contributed by atoms with Crippen LogP contribution in [0, 0.1) is 11.3 Å². The van der Waals surface area contributed by atoms with E-state index in [1.807, 2.05) is 18.2 Å². The van der Waals surface area contributed by atoms with Gasteiger partial charge in [-0.3, -0.25) is 0 Å². The largest absolute Gasteiger partial charge is 0.461 e. The van der Waals surface area contributed by atoms with Gasteiger partial charge in [-0.2, -0.15) is 5.26 Å². The zero-order valence-electron chi connectivity index (χ0n) is 9.74. The summed E-state index contributed by atoms with van der Waals surface area (Å²) in [4.78, 5) is 14.2. The van der Waals surface area contributed by atoms with Crippen LogP contribution in [-0.2, 0) is 4.74 Å². The summed E-state index contributed by atoms with van der Waals surface area (Å²) >= 11 is 3.26. The maximum Gasteiger partial charge on any atom is 0.354 e. The molecule has 5 heteroatoms. The molecule has 1 unspecified atom stereocenters. The zero-order chi connectivity index (χ0) is 13.1. The minimum Gasteiger partial charge on any atom is -0.461 e. The summed E-state index contributed by atoms with van der Waals surface area (Å²) in [6.07, 6.45) is 0. The van der Waals surface area contributed by atoms with E-state index in [4.69, 9.17) is 10.00 Å². The summed E-state index contributed by atoms with van der Waals surface area (Å²) < 4.78 is 4.92. The first kappa shape index (κ1) is 12.7. The van der Waals surface area contributed by atoms with Crippen molar-refractivity contribution < 1.29 is 9.53 Å². The van der Waals surface area contributed by atoms with E-state index < -0.39 is 0 Å². The molecule has 0 bridgehead atoms. The van der Waals surface area contributed by atoms with E-state index in [1.54, 1.807) is 13.0 Å². The molecule has 0 saturated heterocycles. The minimum atomic E-state index is -0.370. The standard InChI is InChI=1S/C13H11BrN2O2/c1-2-18-13(17)12-6-9-4-3-8(10(14)7-15)5-11(9)16-12/h3-6,10,16H,2H2,1H3. The van der Waals surface area contributed by atoms with Crippen LogP contribution < -0.4 is 0 Å². The van der Waals surface area contributed by atoms with E-state index in [2.05, 4.69) is 27.0 Å². The molecule has 1 atom stereocenters. The molecule has 0 fully saturated rings. The number of nitriles is 1. The van der Waals surface area contributed by atoms with Gasteiger partial charge in [0.15, 0.2) is 0 Å². The van der Waals surface area contributed by atoms with Crippen molar-refractivity contribution in [2.75, 3.05) is 6.61 Å². The van der Waals surface area contributed by atoms with Gasteiger partial charge < -0.3 is 9.72 Å². The van der Waals surface area contributed by atoms with E-state index in [0.29, 0.717) is 12.3 Å². The molecule has 0 aliphatic heterocycles. The van der Waals surface area contributed by atoms with Crippen LogP contribution in [0.2, 0.25) is 0 Å². The predicted octanol–water partition coefficient (Wildman–Crippen LogP) is 3.30. The quantitative estimate of drug-likeness (QED) is 0.699. The van der Waals surface area contributed by atoms with E-state index in [1.165, 1.54) is 0 Å². The Hall–Kier alpha value is -1.80. The molecule has 2 rings (SSSR count). The summed E-state index contributed by atoms with van der Waals surface area (Å²) in [5.41, 5.74) is 2.09. The monoisotopic (exact) mass is 306 g/mol. The summed E-state index contributed by atoms with van der Waals surface area (Å²) in [5, 5.41) is 9.76. The van der Waals surface area contributed by atoms with Gasteiger partial charge in [0.2, 0.25) is 0 Å². The number of alkyl halides is 1. The van der Waals surface area contributed by atoms with E-state index in [0.717, 1.165) is 16.5 Å². The molecule has 1 heterocycles. The number of hydrogen-bond acceptors (Lipinski definition) is 3. The molecule has 0 radical (unpaired) electrons. The number of nitrogens with one attached hydrogen (secondary N) is 1. The maximum absolute atomic E-state index is 11.6. The molecule has 0 spiro atoms. The number of carbonyl (C=O) groups excluding carboxylic acids is 1. The Balaban J connectivity index is 2.40. The third-order valence-electron chi connectivity index (χ3n) is 2.55. The average Bonchev–Trinajstić information content (AvgIpc) is 2.80. The van der Waals surface area contributed by atoms with Gasteiger partial charge in [-0.25, -0.2) is 4.79 Å². The van der Waals surface area contributed by atoms with Gasteiger partial charge in [0, 0.05) is 10.9 Å². The fourth-order valence-corrected chi connectivity index (χ4v) is 1.98. The van der Waals surface area contributed by atoms with Gasteiger partial charge in [-0.05, 0) is 24.6 Å². The van der Waals surface area contributed by atoms with Crippen LogP contribution in [0.1, 0.15) is 27.8 Å². The van der Waals surface area contributed by atoms with Gasteiger partial charge in [0.25, 0.3) is 0 Å². The van der Waals surface area contributed by atoms with Crippen LogP contribution in [0.5, 0.6) is 0 Å². The molecular weight excluding hydrogens is 296 g/mol. The molecule has 0 aliphatic carbocycles. The molecule has 1 aromatic heterocycles. The van der Waals surface area contributed by atoms with Crippen molar-refractivity contribution in [2.45, 2.75) is 11.8 Å². The number of carbonyl (C=O) groups is 1. The first-order valence-corrected chi connectivity index (χ1v) is 6.40. The van der Waals surface area contributed by atoms with Crippen molar-refractivity contribution in [1.29, 1.82) is 5.26 Å². The maximum atomic E-state index is 11.6. The van der Waals surface area contributed by atoms with Gasteiger partial charge in [-0.1, -0.05) is 28.1 Å². The van der Waals surface area contributed by atoms with E-state index in [9.17, 15) is 4.79 Å². The molecule has 18 heavy (non-hydrogen) atoms. The molecule has 4 nitrogen and oxygen atoms in total. The van der Waals surface area contributed by atoms with Crippen LogP contribution >= 0.6 is 15.9 Å². The smallest absolute Gasteiger partial charge is 0.354 e. The summed E-state index contributed by atoms with van der Waals surface area (Å²) in [5.74, 6) is -0.370. The van der Waals surface area contributed by atoms with Gasteiger partial charge in [0.05, 0.1) is 12.7 Å². The Morgan fingerprint density at radius 2 is 2.33 bits per heavy atom. The highest BCUT2D eigenvalue weighted by molar-refractivity contribution is 9.09. The highest BCUT2D eigenvalue weighted by Gasteiger charge is 2.12. The number of rotatable bonds is 3. The second kappa shape index (κ2) is 5.23. The number of H-pyrrole nitrogens is 1. The summed E-state index contributed by atoms with van der Waals surface area (Å²) in [6, 6.07) is 9.42. The lowest BCUT2D eigenvalue weighted by Gasteiger charge is -2.00. The Bertz CT molecular complexity index is 627. The predicted molar refractivity (Wildman–Crippen MR) is 71.5 cm³/mol. The molecule has 1 aromatic carbocycles. The van der Waals surface area contributed by atoms with Crippen LogP contribution in [0.15, 0.2) is 24.3 Å². The normalized spacial score (nSPS) is 12.1. The first-order valence-electron chi connectivity index (χ1n) is 5.49. The van der Waals surface area contributed by atoms with E-state index in [-0.39, 0.29) is 10.8 Å². The van der Waals surface area contributed by atoms with Crippen LogP contribution in [0.3, 0.4) is 0 Å². The Kier molecular flexibility index (Phi) is 3.68. The van der Waals surface area contributed by atoms with Crippen molar-refractivity contribution >= 4 is 32.8 Å². The number of halogens is 1. The Labute approximate surface area is 113 Å². The lowest BCUT2D eigenvalue weighted by Crippen LogP contribution is -2.04. The third kappa shape index (κ3) is 2.39. The van der Waals surface area contributed by atoms with Gasteiger partial charge >= 0.3 is 5.97 Å². The molecule has 0 saturated carbocycles. The topological polar surface area (TPSA) is 65.9 Å². The molecule has 0 aliphatic rings. The summed E-state index contributed by atoms with van der Waals surface area (Å²) in [7, 11) is 0. The first-order chi connectivity index (χ1) is 8.65. The second-order valence-corrected chi connectivity index (χ2v) is 4.66. The highest BCUT2D eigenvalue weighted by atomic mass is 79.9. The SMILES string of the molecule is CCOC(=O)c1cc2ccc(C(Br)C#N)cc2[nH]1. The summed E-state index contributed by atoms with van der Waals surface area (Å²) in [6.45, 7) is 2.11. The van der Waals surface area contributed by atoms with Crippen molar-refractivity contribution in [3.8, 4) is 6.07 Å². The van der Waals surface area contributed by atoms with Crippen molar-refractivity contribution in [1.82, 2.24) is 4.98 Å². The minimum absolute atomic E-state index is 0.345. The molecule has 1 N–H and O–H groups in total. The van der Waals surface area contributed by atoms with Crippen molar-refractivity contribution in [2.24, 2.45) is 0 Å². The molecule has 2 aromatic rings. The third-order valence-corrected chi connectivity index (χ3v) is 3.28. The van der Waals surface area contributed by atoms with E-state index >= 15 is 0 Å². The number of nitrogens with zero attached hydrogens (tertiary/aromatic N) is 1. The lowest BCUT2D eigenvalue weighted by atomic mass is 10.1. The fourth-order valence-electron chi connectivity index (χ4n) is 1.70. The number of aromatic amines is 1. The van der Waals surface area contributed by atoms with Crippen LogP contribution in [0.4, 0.5) is 0 Å². The fraction of sp³-hybridized carbons (Fsp3) is 0.231. The molecule has 0 amide bonds. The van der Waals surface area contributed by atoms with Crippen LogP contribution in [0.25, 0.3) is 10.9 Å². The lowest BCUT2D eigenvalue weighted by molar-refractivity contribution is 0.0520. The van der Waals surface area contributed by atoms with Crippen molar-refractivity contribution in [3.05, 3.63) is 35.5 Å². The number of hydrogen-bond donors (Lipinski definition) is 1. The second-order valence-electron chi connectivity index (χ2n) is 3.74. The Morgan fingerprint density at radius 1 is 1.56 bits per heavy atom. The van der Waals surface area contributed by atoms with Gasteiger partial charge in [-0.15, -0.1) is 0 Å².